The van der Waals surface area contributed by atoms with Crippen molar-refractivity contribution in [3.63, 3.8) is 0 Å². The Morgan fingerprint density at radius 2 is 1.68 bits per heavy atom. The summed E-state index contributed by atoms with van der Waals surface area (Å²) in [7, 11) is 0. The number of hydrogen-bond donors (Lipinski definition) is 0. The van der Waals surface area contributed by atoms with Crippen LogP contribution in [-0.2, 0) is 40.1 Å². The van der Waals surface area contributed by atoms with E-state index < -0.39 is 11.9 Å². The Kier molecular flexibility index (Phi) is 10.2. The summed E-state index contributed by atoms with van der Waals surface area (Å²) in [6, 6.07) is 7.15. The average Bonchev–Trinajstić information content (AvgIpc) is 3.29. The number of rotatable bonds is 5. The van der Waals surface area contributed by atoms with Gasteiger partial charge in [-0.05, 0) is 43.0 Å². The van der Waals surface area contributed by atoms with E-state index in [9.17, 15) is 22.8 Å². The lowest BCUT2D eigenvalue weighted by Crippen LogP contribution is -2.36. The summed E-state index contributed by atoms with van der Waals surface area (Å²) in [6.07, 6.45) is 0.280. The van der Waals surface area contributed by atoms with E-state index in [1.54, 1.807) is 18.7 Å². The fourth-order valence-corrected chi connectivity index (χ4v) is 5.39. The van der Waals surface area contributed by atoms with Crippen molar-refractivity contribution >= 4 is 17.5 Å². The largest absolute Gasteiger partial charge is 0.435 e. The first-order valence-electron chi connectivity index (χ1n) is 14.2. The van der Waals surface area contributed by atoms with Crippen LogP contribution in [0.4, 0.5) is 18.9 Å². The SMILES string of the molecule is CC(=O)N1CCCCCCCN(C(=O)CCn2nc(C(F)(F)F)cc2C)Cc2ccc(CN3CCOCC3)cc21. The molecule has 0 atom stereocenters. The lowest BCUT2D eigenvalue weighted by molar-refractivity contribution is -0.141. The second kappa shape index (κ2) is 13.6. The Hall–Kier alpha value is -2.92. The van der Waals surface area contributed by atoms with Crippen LogP contribution in [-0.4, -0.2) is 70.8 Å². The average molecular weight is 564 g/mol. The van der Waals surface area contributed by atoms with Crippen LogP contribution in [0.3, 0.4) is 0 Å². The number of halogens is 3. The molecule has 2 aliphatic rings. The number of amides is 2. The van der Waals surface area contributed by atoms with Crippen LogP contribution in [0.15, 0.2) is 24.3 Å². The zero-order valence-electron chi connectivity index (χ0n) is 23.5. The van der Waals surface area contributed by atoms with Crippen molar-refractivity contribution in [3.05, 3.63) is 46.8 Å². The van der Waals surface area contributed by atoms with E-state index in [4.69, 9.17) is 4.74 Å². The van der Waals surface area contributed by atoms with Gasteiger partial charge in [-0.2, -0.15) is 18.3 Å². The Labute approximate surface area is 234 Å². The van der Waals surface area contributed by atoms with Crippen molar-refractivity contribution in [2.45, 2.75) is 78.2 Å². The van der Waals surface area contributed by atoms with Crippen LogP contribution in [0.25, 0.3) is 0 Å². The first kappa shape index (κ1) is 30.0. The van der Waals surface area contributed by atoms with Gasteiger partial charge in [0.05, 0.1) is 13.2 Å². The first-order chi connectivity index (χ1) is 19.1. The number of anilines is 1. The normalized spacial score (nSPS) is 18.1. The molecule has 0 N–H and O–H groups in total. The maximum Gasteiger partial charge on any atom is 0.435 e. The molecule has 1 aromatic heterocycles. The molecule has 1 saturated heterocycles. The molecule has 0 unspecified atom stereocenters. The highest BCUT2D eigenvalue weighted by Crippen LogP contribution is 2.29. The summed E-state index contributed by atoms with van der Waals surface area (Å²) in [5.74, 6) is -0.174. The van der Waals surface area contributed by atoms with E-state index in [0.29, 0.717) is 38.5 Å². The second-order valence-electron chi connectivity index (χ2n) is 10.7. The van der Waals surface area contributed by atoms with Crippen molar-refractivity contribution in [2.24, 2.45) is 0 Å². The molecule has 0 bridgehead atoms. The third-order valence-corrected chi connectivity index (χ3v) is 7.66. The summed E-state index contributed by atoms with van der Waals surface area (Å²) < 4.78 is 46.0. The minimum Gasteiger partial charge on any atom is -0.379 e. The van der Waals surface area contributed by atoms with E-state index in [0.717, 1.165) is 74.6 Å². The molecule has 0 spiro atoms. The molecule has 2 amide bonds. The van der Waals surface area contributed by atoms with E-state index in [1.807, 2.05) is 11.0 Å². The first-order valence-corrected chi connectivity index (χ1v) is 14.2. The number of fused-ring (bicyclic) bond motifs is 1. The number of aromatic nitrogens is 2. The molecule has 1 fully saturated rings. The fourth-order valence-electron chi connectivity index (χ4n) is 5.39. The topological polar surface area (TPSA) is 70.9 Å². The van der Waals surface area contributed by atoms with Gasteiger partial charge in [0.2, 0.25) is 11.8 Å². The molecule has 0 saturated carbocycles. The fraction of sp³-hybridized carbons (Fsp3) is 0.621. The number of nitrogens with zero attached hydrogens (tertiary/aromatic N) is 5. The molecule has 1 aromatic carbocycles. The Morgan fingerprint density at radius 3 is 2.35 bits per heavy atom. The number of ether oxygens (including phenoxy) is 1. The van der Waals surface area contributed by atoms with Gasteiger partial charge >= 0.3 is 6.18 Å². The highest BCUT2D eigenvalue weighted by atomic mass is 19.4. The number of alkyl halides is 3. The number of aryl methyl sites for hydroxylation is 2. The summed E-state index contributed by atoms with van der Waals surface area (Å²) in [6.45, 7) is 8.61. The third-order valence-electron chi connectivity index (χ3n) is 7.66. The van der Waals surface area contributed by atoms with Gasteiger partial charge < -0.3 is 14.5 Å². The van der Waals surface area contributed by atoms with Crippen LogP contribution < -0.4 is 4.90 Å². The van der Waals surface area contributed by atoms with E-state index in [2.05, 4.69) is 22.1 Å². The summed E-state index contributed by atoms with van der Waals surface area (Å²) in [5, 5.41) is 3.67. The predicted octanol–water partition coefficient (Wildman–Crippen LogP) is 4.78. The van der Waals surface area contributed by atoms with Gasteiger partial charge in [-0.25, -0.2) is 0 Å². The van der Waals surface area contributed by atoms with Gasteiger partial charge in [-0.1, -0.05) is 31.4 Å². The van der Waals surface area contributed by atoms with Gasteiger partial charge in [0.25, 0.3) is 0 Å². The minimum absolute atomic E-state index is 0.0330. The zero-order valence-corrected chi connectivity index (χ0v) is 23.5. The standard InChI is InChI=1S/C29H40F3N5O3/c1-22-18-27(29(30,31)32)33-37(22)13-10-28(39)35-11-6-4-3-5-7-12-36(23(2)38)26-19-24(8-9-25(26)21-35)20-34-14-16-40-17-15-34/h8-9,18-19H,3-7,10-17,20-21H2,1-2H3. The molecule has 3 heterocycles. The number of benzene rings is 1. The molecule has 40 heavy (non-hydrogen) atoms. The summed E-state index contributed by atoms with van der Waals surface area (Å²) in [4.78, 5) is 32.1. The Bertz CT molecular complexity index is 1160. The highest BCUT2D eigenvalue weighted by molar-refractivity contribution is 5.92. The molecule has 220 valence electrons. The zero-order chi connectivity index (χ0) is 28.7. The van der Waals surface area contributed by atoms with Crippen LogP contribution in [0.5, 0.6) is 0 Å². The highest BCUT2D eigenvalue weighted by Gasteiger charge is 2.34. The lowest BCUT2D eigenvalue weighted by atomic mass is 10.0. The Balaban J connectivity index is 1.56. The number of morpholine rings is 1. The van der Waals surface area contributed by atoms with Gasteiger partial charge in [-0.3, -0.25) is 19.2 Å². The molecule has 11 heteroatoms. The van der Waals surface area contributed by atoms with Gasteiger partial charge in [0, 0.05) is 70.5 Å². The van der Waals surface area contributed by atoms with E-state index in [-0.39, 0.29) is 24.8 Å². The Morgan fingerprint density at radius 1 is 0.975 bits per heavy atom. The maximum absolute atomic E-state index is 13.4. The van der Waals surface area contributed by atoms with Crippen molar-refractivity contribution in [3.8, 4) is 0 Å². The third kappa shape index (κ3) is 8.06. The van der Waals surface area contributed by atoms with Crippen molar-refractivity contribution in [1.82, 2.24) is 19.6 Å². The second-order valence-corrected chi connectivity index (χ2v) is 10.7. The van der Waals surface area contributed by atoms with Crippen LogP contribution in [0, 0.1) is 6.92 Å². The van der Waals surface area contributed by atoms with Crippen molar-refractivity contribution in [2.75, 3.05) is 44.3 Å². The molecule has 2 aliphatic heterocycles. The smallest absolute Gasteiger partial charge is 0.379 e. The van der Waals surface area contributed by atoms with E-state index in [1.165, 1.54) is 4.68 Å². The molecule has 2 aromatic rings. The minimum atomic E-state index is -4.52. The van der Waals surface area contributed by atoms with Crippen molar-refractivity contribution in [1.29, 1.82) is 0 Å². The monoisotopic (exact) mass is 563 g/mol. The van der Waals surface area contributed by atoms with Crippen molar-refractivity contribution < 1.29 is 27.5 Å². The summed E-state index contributed by atoms with van der Waals surface area (Å²) >= 11 is 0. The molecule has 0 aliphatic carbocycles. The van der Waals surface area contributed by atoms with Gasteiger partial charge in [0.1, 0.15) is 0 Å². The van der Waals surface area contributed by atoms with E-state index >= 15 is 0 Å². The molecular weight excluding hydrogens is 523 g/mol. The molecular formula is C29H40F3N5O3. The lowest BCUT2D eigenvalue weighted by Gasteiger charge is -2.30. The van der Waals surface area contributed by atoms with Crippen LogP contribution >= 0.6 is 0 Å². The maximum atomic E-state index is 13.4. The number of carbonyl (C=O) groups is 2. The molecule has 8 nitrogen and oxygen atoms in total. The number of hydrogen-bond acceptors (Lipinski definition) is 5. The van der Waals surface area contributed by atoms with Gasteiger partial charge in [-0.15, -0.1) is 0 Å². The van der Waals surface area contributed by atoms with Gasteiger partial charge in [0.15, 0.2) is 5.69 Å². The molecule has 4 rings (SSSR count). The number of carbonyl (C=O) groups excluding carboxylic acids is 2. The molecule has 0 radical (unpaired) electrons. The van der Waals surface area contributed by atoms with Crippen LogP contribution in [0.1, 0.15) is 68.0 Å². The van der Waals surface area contributed by atoms with Crippen LogP contribution in [0.2, 0.25) is 0 Å². The predicted molar refractivity (Wildman–Crippen MR) is 146 cm³/mol. The quantitative estimate of drug-likeness (QED) is 0.524. The summed E-state index contributed by atoms with van der Waals surface area (Å²) in [5.41, 5.74) is 2.24.